The number of nitrogens with zero attached hydrogens (tertiary/aromatic N) is 3. The zero-order chi connectivity index (χ0) is 27.4. The van der Waals surface area contributed by atoms with E-state index < -0.39 is 0 Å². The van der Waals surface area contributed by atoms with Gasteiger partial charge in [-0.25, -0.2) is 9.97 Å². The Balaban J connectivity index is 1.87. The molecule has 0 saturated heterocycles. The number of nitrogens with one attached hydrogen (secondary N) is 1. The molecule has 0 aliphatic carbocycles. The summed E-state index contributed by atoms with van der Waals surface area (Å²) in [5.74, 6) is 0. The molecule has 0 spiro atoms. The molecule has 8 bridgehead atoms. The molecule has 198 valence electrons. The normalized spacial score (nSPS) is 13.7. The minimum atomic E-state index is 0.951. The topological polar surface area (TPSA) is 46.5 Å². The first-order chi connectivity index (χ1) is 18.9. The molecule has 4 heteroatoms. The maximum Gasteiger partial charge on any atom is 0.0693 e. The summed E-state index contributed by atoms with van der Waals surface area (Å²) in [4.78, 5) is 14.3. The zero-order valence-electron chi connectivity index (χ0n) is 24.3. The predicted molar refractivity (Wildman–Crippen MR) is 167 cm³/mol. The Morgan fingerprint density at radius 3 is 1.44 bits per heavy atom. The second-order valence-corrected chi connectivity index (χ2v) is 10.7. The summed E-state index contributed by atoms with van der Waals surface area (Å²) in [5.41, 5.74) is 16.9. The Bertz CT molecular complexity index is 1740. The van der Waals surface area contributed by atoms with Crippen molar-refractivity contribution >= 4 is 55.1 Å². The lowest BCUT2D eigenvalue weighted by Crippen LogP contribution is -1.88. The highest BCUT2D eigenvalue weighted by atomic mass is 14.9. The molecule has 0 unspecified atom stereocenters. The predicted octanol–water partition coefficient (Wildman–Crippen LogP) is 9.28. The van der Waals surface area contributed by atoms with Crippen molar-refractivity contribution in [3.63, 3.8) is 0 Å². The molecule has 2 aliphatic rings. The van der Waals surface area contributed by atoms with Crippen LogP contribution in [0.1, 0.15) is 88.3 Å². The van der Waals surface area contributed by atoms with Gasteiger partial charge in [0.15, 0.2) is 0 Å². The highest BCUT2D eigenvalue weighted by Crippen LogP contribution is 2.37. The molecule has 0 atom stereocenters. The molecule has 4 aromatic rings. The van der Waals surface area contributed by atoms with Gasteiger partial charge >= 0.3 is 0 Å². The number of benzene rings is 1. The van der Waals surface area contributed by atoms with Crippen LogP contribution in [-0.4, -0.2) is 19.5 Å². The van der Waals surface area contributed by atoms with Gasteiger partial charge in [-0.3, -0.25) is 0 Å². The highest BCUT2D eigenvalue weighted by Gasteiger charge is 2.20. The Hall–Kier alpha value is -3.92. The van der Waals surface area contributed by atoms with Gasteiger partial charge in [0.1, 0.15) is 0 Å². The standard InChI is InChI=1S/C35H38N4/c1-8-22-20(5)28-18-34-26-14-12-13-15-27(26)35(39(34)7)19-29-21(6)23(9-2)31(37-29)17-33-25(11-4)24(10-3)32(38-33)16-30(22)36-28/h12-19,38H,8-11H2,1-7H3. The molecule has 1 aromatic carbocycles. The maximum absolute atomic E-state index is 5.23. The van der Waals surface area contributed by atoms with Crippen LogP contribution < -0.4 is 0 Å². The Morgan fingerprint density at radius 1 is 0.615 bits per heavy atom. The van der Waals surface area contributed by atoms with E-state index in [1.807, 2.05) is 0 Å². The fourth-order valence-electron chi connectivity index (χ4n) is 6.65. The summed E-state index contributed by atoms with van der Waals surface area (Å²) in [6.07, 6.45) is 3.85. The van der Waals surface area contributed by atoms with Gasteiger partial charge in [-0.15, -0.1) is 0 Å². The third-order valence-electron chi connectivity index (χ3n) is 8.78. The van der Waals surface area contributed by atoms with Gasteiger partial charge < -0.3 is 9.55 Å². The van der Waals surface area contributed by atoms with Gasteiger partial charge in [0.05, 0.1) is 33.8 Å². The van der Waals surface area contributed by atoms with E-state index in [1.165, 1.54) is 66.3 Å². The summed E-state index contributed by atoms with van der Waals surface area (Å²) in [6.45, 7) is 13.4. The monoisotopic (exact) mass is 514 g/mol. The largest absolute Gasteiger partial charge is 0.355 e. The van der Waals surface area contributed by atoms with E-state index in [0.29, 0.717) is 0 Å². The van der Waals surface area contributed by atoms with E-state index in [0.717, 1.165) is 48.5 Å². The quantitative estimate of drug-likeness (QED) is 0.295. The summed E-state index contributed by atoms with van der Waals surface area (Å²) >= 11 is 0. The minimum absolute atomic E-state index is 0.951. The number of aromatic nitrogens is 4. The summed E-state index contributed by atoms with van der Waals surface area (Å²) in [7, 11) is 2.17. The summed E-state index contributed by atoms with van der Waals surface area (Å²) in [5, 5.41) is 2.48. The molecule has 4 nitrogen and oxygen atoms in total. The van der Waals surface area contributed by atoms with Crippen molar-refractivity contribution in [2.24, 2.45) is 7.05 Å². The Morgan fingerprint density at radius 2 is 1.05 bits per heavy atom. The Kier molecular flexibility index (Phi) is 6.29. The molecule has 0 saturated carbocycles. The number of hydrogen-bond donors (Lipinski definition) is 1. The minimum Gasteiger partial charge on any atom is -0.355 e. The molecule has 0 amide bonds. The number of fused-ring (bicyclic) bond motifs is 11. The van der Waals surface area contributed by atoms with E-state index in [2.05, 4.69) is 107 Å². The maximum atomic E-state index is 5.23. The van der Waals surface area contributed by atoms with Gasteiger partial charge in [0, 0.05) is 28.9 Å². The molecule has 3 aromatic heterocycles. The molecular formula is C35H38N4. The molecule has 6 rings (SSSR count). The van der Waals surface area contributed by atoms with Crippen LogP contribution in [0.4, 0.5) is 0 Å². The average Bonchev–Trinajstić information content (AvgIpc) is 3.60. The van der Waals surface area contributed by atoms with Gasteiger partial charge in [0.25, 0.3) is 0 Å². The van der Waals surface area contributed by atoms with E-state index in [4.69, 9.17) is 9.97 Å². The van der Waals surface area contributed by atoms with Crippen LogP contribution in [-0.2, 0) is 19.9 Å². The lowest BCUT2D eigenvalue weighted by molar-refractivity contribution is 1.01. The van der Waals surface area contributed by atoms with Crippen molar-refractivity contribution in [3.05, 3.63) is 82.4 Å². The molecule has 0 fully saturated rings. The lowest BCUT2D eigenvalue weighted by Gasteiger charge is -2.01. The smallest absolute Gasteiger partial charge is 0.0693 e. The first-order valence-corrected chi connectivity index (χ1v) is 14.4. The van der Waals surface area contributed by atoms with Crippen LogP contribution in [0, 0.1) is 0 Å². The van der Waals surface area contributed by atoms with Crippen LogP contribution in [0.5, 0.6) is 0 Å². The number of H-pyrrole nitrogens is 1. The molecule has 39 heavy (non-hydrogen) atoms. The summed E-state index contributed by atoms with van der Waals surface area (Å²) < 4.78 is 2.31. The van der Waals surface area contributed by atoms with Crippen molar-refractivity contribution < 1.29 is 0 Å². The summed E-state index contributed by atoms with van der Waals surface area (Å²) in [6, 6.07) is 17.8. The van der Waals surface area contributed by atoms with Gasteiger partial charge in [0.2, 0.25) is 0 Å². The number of aryl methyl sites for hydroxylation is 3. The van der Waals surface area contributed by atoms with Gasteiger partial charge in [-0.1, -0.05) is 52.0 Å². The van der Waals surface area contributed by atoms with E-state index in [-0.39, 0.29) is 0 Å². The Labute approximate surface area is 231 Å². The fraction of sp³-hybridized carbons (Fsp3) is 0.314. The highest BCUT2D eigenvalue weighted by molar-refractivity contribution is 6.09. The average molecular weight is 515 g/mol. The van der Waals surface area contributed by atoms with Crippen LogP contribution in [0.25, 0.3) is 55.1 Å². The van der Waals surface area contributed by atoms with Crippen LogP contribution in [0.15, 0.2) is 48.5 Å². The number of allylic oxidation sites excluding steroid dienone is 4. The third kappa shape index (κ3) is 3.88. The number of aromatic amines is 1. The van der Waals surface area contributed by atoms with E-state index in [1.54, 1.807) is 0 Å². The van der Waals surface area contributed by atoms with E-state index >= 15 is 0 Å². The second-order valence-electron chi connectivity index (χ2n) is 10.7. The van der Waals surface area contributed by atoms with Crippen molar-refractivity contribution in [2.75, 3.05) is 0 Å². The number of hydrogen-bond acceptors (Lipinski definition) is 2. The van der Waals surface area contributed by atoms with Crippen LogP contribution >= 0.6 is 0 Å². The first kappa shape index (κ1) is 25.4. The van der Waals surface area contributed by atoms with Crippen molar-refractivity contribution in [1.82, 2.24) is 19.5 Å². The van der Waals surface area contributed by atoms with Crippen molar-refractivity contribution in [2.45, 2.75) is 67.2 Å². The molecule has 0 radical (unpaired) electrons. The van der Waals surface area contributed by atoms with Crippen molar-refractivity contribution in [3.8, 4) is 0 Å². The van der Waals surface area contributed by atoms with Crippen molar-refractivity contribution in [1.29, 1.82) is 0 Å². The second kappa shape index (κ2) is 9.68. The molecule has 5 heterocycles. The number of rotatable bonds is 4. The first-order valence-electron chi connectivity index (χ1n) is 14.4. The molecular weight excluding hydrogens is 476 g/mol. The van der Waals surface area contributed by atoms with Crippen LogP contribution in [0.2, 0.25) is 0 Å². The molecule has 1 N–H and O–H groups in total. The zero-order valence-corrected chi connectivity index (χ0v) is 24.3. The third-order valence-corrected chi connectivity index (χ3v) is 8.78. The molecule has 2 aliphatic heterocycles. The van der Waals surface area contributed by atoms with Gasteiger partial charge in [-0.2, -0.15) is 0 Å². The lowest BCUT2D eigenvalue weighted by atomic mass is 10.0. The SMILES string of the molecule is CCC1=C(C)c2cc3c4ccccc4c(cc4nc(cc5[nH]c(cc1n2)c(CC)c5CC)C(CC)=C4C)n3C. The van der Waals surface area contributed by atoms with Gasteiger partial charge in [-0.05, 0) is 97.2 Å². The van der Waals surface area contributed by atoms with E-state index in [9.17, 15) is 0 Å². The fourth-order valence-corrected chi connectivity index (χ4v) is 6.65. The van der Waals surface area contributed by atoms with Crippen LogP contribution in [0.3, 0.4) is 0 Å².